The number of amides is 2. The van der Waals surface area contributed by atoms with Gasteiger partial charge in [0.15, 0.2) is 0 Å². The van der Waals surface area contributed by atoms with Crippen LogP contribution in [-0.2, 0) is 34.6 Å². The lowest BCUT2D eigenvalue weighted by atomic mass is 9.90. The minimum absolute atomic E-state index is 0.0238. The average Bonchev–Trinajstić information content (AvgIpc) is 3.64. The zero-order valence-corrected chi connectivity index (χ0v) is 21.8. The fourth-order valence-electron chi connectivity index (χ4n) is 5.24. The van der Waals surface area contributed by atoms with Crippen molar-refractivity contribution >= 4 is 17.7 Å². The SMILES string of the molecule is CCOC(=O)N1c2ccc(C(F)(F)F)cc2[C@H](CN(Cc2cc(C(F)(F)F)cc(C(F)(F)F)c2)C(C)=O)[C@H]1C1CC1. The Morgan fingerprint density at radius 3 is 1.90 bits per heavy atom. The predicted molar refractivity (Wildman–Crippen MR) is 128 cm³/mol. The third-order valence-electron chi connectivity index (χ3n) is 7.18. The van der Waals surface area contributed by atoms with Gasteiger partial charge < -0.3 is 9.64 Å². The van der Waals surface area contributed by atoms with E-state index in [0.29, 0.717) is 25.0 Å². The van der Waals surface area contributed by atoms with Gasteiger partial charge in [0, 0.05) is 25.9 Å². The van der Waals surface area contributed by atoms with Crippen LogP contribution in [-0.4, -0.2) is 36.1 Å². The van der Waals surface area contributed by atoms with Gasteiger partial charge in [-0.05, 0) is 73.2 Å². The van der Waals surface area contributed by atoms with E-state index in [1.54, 1.807) is 6.92 Å². The largest absolute Gasteiger partial charge is 0.449 e. The van der Waals surface area contributed by atoms with Crippen molar-refractivity contribution in [1.29, 1.82) is 0 Å². The summed E-state index contributed by atoms with van der Waals surface area (Å²) in [6.45, 7) is 1.54. The zero-order valence-electron chi connectivity index (χ0n) is 21.8. The highest BCUT2D eigenvalue weighted by molar-refractivity contribution is 5.92. The number of ether oxygens (including phenoxy) is 1. The number of carbonyl (C=O) groups is 2. The Balaban J connectivity index is 1.77. The summed E-state index contributed by atoms with van der Waals surface area (Å²) in [5, 5.41) is 0. The molecule has 1 aliphatic heterocycles. The van der Waals surface area contributed by atoms with E-state index in [1.807, 2.05) is 0 Å². The molecule has 0 bridgehead atoms. The molecular formula is C27H25F9N2O3. The Labute approximate surface area is 228 Å². The van der Waals surface area contributed by atoms with Crippen LogP contribution < -0.4 is 4.90 Å². The quantitative estimate of drug-likeness (QED) is 0.323. The first-order chi connectivity index (χ1) is 18.9. The van der Waals surface area contributed by atoms with Crippen LogP contribution in [0, 0.1) is 5.92 Å². The van der Waals surface area contributed by atoms with Crippen LogP contribution >= 0.6 is 0 Å². The van der Waals surface area contributed by atoms with Crippen LogP contribution in [0.2, 0.25) is 0 Å². The number of halogens is 9. The van der Waals surface area contributed by atoms with Crippen LogP contribution in [0.3, 0.4) is 0 Å². The van der Waals surface area contributed by atoms with Gasteiger partial charge in [0.05, 0.1) is 35.0 Å². The Hall–Kier alpha value is -3.45. The molecule has 1 fully saturated rings. The number of hydrogen-bond donors (Lipinski definition) is 0. The molecule has 2 atom stereocenters. The van der Waals surface area contributed by atoms with Crippen LogP contribution in [0.1, 0.15) is 60.4 Å². The molecule has 14 heteroatoms. The highest BCUT2D eigenvalue weighted by Crippen LogP contribution is 2.52. The molecule has 2 aromatic rings. The molecule has 5 nitrogen and oxygen atoms in total. The molecule has 41 heavy (non-hydrogen) atoms. The van der Waals surface area contributed by atoms with E-state index in [9.17, 15) is 49.1 Å². The summed E-state index contributed by atoms with van der Waals surface area (Å²) in [5.41, 5.74) is -4.37. The molecule has 0 unspecified atom stereocenters. The maximum absolute atomic E-state index is 13.6. The Morgan fingerprint density at radius 1 is 0.878 bits per heavy atom. The van der Waals surface area contributed by atoms with Crippen LogP contribution in [0.4, 0.5) is 50.0 Å². The number of rotatable bonds is 6. The fourth-order valence-corrected chi connectivity index (χ4v) is 5.24. The molecule has 0 radical (unpaired) electrons. The van der Waals surface area contributed by atoms with Gasteiger partial charge in [0.25, 0.3) is 0 Å². The van der Waals surface area contributed by atoms with Gasteiger partial charge in [-0.25, -0.2) is 4.79 Å². The summed E-state index contributed by atoms with van der Waals surface area (Å²) >= 11 is 0. The highest BCUT2D eigenvalue weighted by Gasteiger charge is 2.51. The van der Waals surface area contributed by atoms with Gasteiger partial charge in [-0.1, -0.05) is 0 Å². The van der Waals surface area contributed by atoms with Gasteiger partial charge in [-0.2, -0.15) is 39.5 Å². The lowest BCUT2D eigenvalue weighted by molar-refractivity contribution is -0.143. The van der Waals surface area contributed by atoms with Gasteiger partial charge in [0.2, 0.25) is 5.91 Å². The summed E-state index contributed by atoms with van der Waals surface area (Å²) in [6, 6.07) is 3.03. The number of hydrogen-bond acceptors (Lipinski definition) is 3. The molecular weight excluding hydrogens is 571 g/mol. The topological polar surface area (TPSA) is 49.9 Å². The molecule has 224 valence electrons. The minimum Gasteiger partial charge on any atom is -0.449 e. The fraction of sp³-hybridized carbons (Fsp3) is 0.481. The molecule has 2 aliphatic rings. The lowest BCUT2D eigenvalue weighted by Crippen LogP contribution is -2.44. The number of nitrogens with zero attached hydrogens (tertiary/aromatic N) is 2. The first kappa shape index (κ1) is 30.5. The first-order valence-electron chi connectivity index (χ1n) is 12.6. The molecule has 0 aromatic heterocycles. The van der Waals surface area contributed by atoms with E-state index in [2.05, 4.69) is 0 Å². The van der Waals surface area contributed by atoms with Crippen LogP contribution in [0.15, 0.2) is 36.4 Å². The third-order valence-corrected chi connectivity index (χ3v) is 7.18. The van der Waals surface area contributed by atoms with Gasteiger partial charge in [-0.15, -0.1) is 0 Å². The Morgan fingerprint density at radius 2 is 1.44 bits per heavy atom. The van der Waals surface area contributed by atoms with E-state index < -0.39 is 71.3 Å². The van der Waals surface area contributed by atoms with Crippen molar-refractivity contribution < 1.29 is 53.8 Å². The van der Waals surface area contributed by atoms with Crippen molar-refractivity contribution in [3.8, 4) is 0 Å². The zero-order chi connectivity index (χ0) is 30.5. The summed E-state index contributed by atoms with van der Waals surface area (Å²) in [7, 11) is 0. The standard InChI is InChI=1S/C27H25F9N2O3/c1-3-41-24(40)38-22-7-6-17(25(28,29)30)11-20(22)21(23(38)16-4-5-16)13-37(14(2)39)12-15-8-18(26(31,32)33)10-19(9-15)27(34,35)36/h6-11,16,21,23H,3-5,12-13H2,1-2H3/t21-,23+/m0/s1. The van der Waals surface area contributed by atoms with E-state index >= 15 is 0 Å². The molecule has 0 saturated heterocycles. The van der Waals surface area contributed by atoms with E-state index in [-0.39, 0.29) is 36.4 Å². The predicted octanol–water partition coefficient (Wildman–Crippen LogP) is 7.63. The van der Waals surface area contributed by atoms with Gasteiger partial charge in [-0.3, -0.25) is 9.69 Å². The second-order valence-corrected chi connectivity index (χ2v) is 10.1. The van der Waals surface area contributed by atoms with Crippen molar-refractivity contribution in [3.05, 3.63) is 64.2 Å². The monoisotopic (exact) mass is 596 g/mol. The summed E-state index contributed by atoms with van der Waals surface area (Å²) in [5.74, 6) is -1.81. The number of carbonyl (C=O) groups excluding carboxylic acids is 2. The van der Waals surface area contributed by atoms with Crippen LogP contribution in [0.25, 0.3) is 0 Å². The van der Waals surface area contributed by atoms with Crippen molar-refractivity contribution in [3.63, 3.8) is 0 Å². The normalized spacial score (nSPS) is 19.2. The number of fused-ring (bicyclic) bond motifs is 1. The van der Waals surface area contributed by atoms with Gasteiger partial charge in [0.1, 0.15) is 0 Å². The summed E-state index contributed by atoms with van der Waals surface area (Å²) in [6.07, 6.45) is -14.5. The second-order valence-electron chi connectivity index (χ2n) is 10.1. The van der Waals surface area contributed by atoms with E-state index in [0.717, 1.165) is 30.0 Å². The Bertz CT molecular complexity index is 1280. The molecule has 0 spiro atoms. The maximum Gasteiger partial charge on any atom is 0.416 e. The minimum atomic E-state index is -5.10. The number of alkyl halides is 9. The molecule has 2 aromatic carbocycles. The molecule has 1 saturated carbocycles. The highest BCUT2D eigenvalue weighted by atomic mass is 19.4. The lowest BCUT2D eigenvalue weighted by Gasteiger charge is -2.32. The van der Waals surface area contributed by atoms with E-state index in [1.165, 1.54) is 4.90 Å². The van der Waals surface area contributed by atoms with Crippen molar-refractivity contribution in [1.82, 2.24) is 4.90 Å². The molecule has 2 amide bonds. The molecule has 1 aliphatic carbocycles. The molecule has 0 N–H and O–H groups in total. The molecule has 1 heterocycles. The summed E-state index contributed by atoms with van der Waals surface area (Å²) < 4.78 is 126. The maximum atomic E-state index is 13.6. The number of benzene rings is 2. The number of anilines is 1. The third kappa shape index (κ3) is 6.56. The molecule has 4 rings (SSSR count). The Kier molecular flexibility index (Phi) is 8.00. The first-order valence-corrected chi connectivity index (χ1v) is 12.6. The second kappa shape index (κ2) is 10.8. The smallest absolute Gasteiger partial charge is 0.416 e. The van der Waals surface area contributed by atoms with Crippen molar-refractivity contribution in [2.45, 2.75) is 63.7 Å². The average molecular weight is 596 g/mol. The van der Waals surface area contributed by atoms with E-state index in [4.69, 9.17) is 4.74 Å². The van der Waals surface area contributed by atoms with Crippen LogP contribution in [0.5, 0.6) is 0 Å². The summed E-state index contributed by atoms with van der Waals surface area (Å²) in [4.78, 5) is 27.8. The van der Waals surface area contributed by atoms with Crippen molar-refractivity contribution in [2.24, 2.45) is 5.92 Å². The van der Waals surface area contributed by atoms with Gasteiger partial charge >= 0.3 is 24.6 Å². The van der Waals surface area contributed by atoms with Crippen molar-refractivity contribution in [2.75, 3.05) is 18.1 Å².